The van der Waals surface area contributed by atoms with Crippen LogP contribution in [0.2, 0.25) is 0 Å². The number of para-hydroxylation sites is 2. The minimum Gasteiger partial charge on any atom is -0.404 e. The van der Waals surface area contributed by atoms with Crippen molar-refractivity contribution in [2.75, 3.05) is 6.54 Å². The highest BCUT2D eigenvalue weighted by molar-refractivity contribution is 7.52. The first-order chi connectivity index (χ1) is 9.67. The maximum Gasteiger partial charge on any atom is 0.515 e. The summed E-state index contributed by atoms with van der Waals surface area (Å²) in [4.78, 5) is 0. The molecule has 2 atom stereocenters. The zero-order valence-corrected chi connectivity index (χ0v) is 12.1. The molecule has 4 nitrogen and oxygen atoms in total. The molecule has 0 radical (unpaired) electrons. The summed E-state index contributed by atoms with van der Waals surface area (Å²) in [5.74, 6) is 1.09. The lowest BCUT2D eigenvalue weighted by Crippen LogP contribution is -2.10. The molecule has 1 fully saturated rings. The Balaban J connectivity index is 1.84. The Morgan fingerprint density at radius 3 is 1.70 bits per heavy atom. The van der Waals surface area contributed by atoms with E-state index >= 15 is 0 Å². The Bertz CT molecular complexity index is 572. The summed E-state index contributed by atoms with van der Waals surface area (Å²) >= 11 is 0. The van der Waals surface area contributed by atoms with Crippen molar-refractivity contribution in [2.24, 2.45) is 0 Å². The number of rotatable bonds is 5. The van der Waals surface area contributed by atoms with Crippen molar-refractivity contribution in [1.82, 2.24) is 4.67 Å². The smallest absolute Gasteiger partial charge is 0.404 e. The van der Waals surface area contributed by atoms with E-state index in [4.69, 9.17) is 9.05 Å². The van der Waals surface area contributed by atoms with E-state index < -0.39 is 7.75 Å². The molecule has 0 spiro atoms. The van der Waals surface area contributed by atoms with Crippen LogP contribution in [0.1, 0.15) is 6.92 Å². The summed E-state index contributed by atoms with van der Waals surface area (Å²) in [6.07, 6.45) is 0. The van der Waals surface area contributed by atoms with Crippen LogP contribution in [0, 0.1) is 0 Å². The topological polar surface area (TPSA) is 38.5 Å². The second-order valence-electron chi connectivity index (χ2n) is 4.75. The van der Waals surface area contributed by atoms with Crippen LogP contribution in [0.5, 0.6) is 11.5 Å². The van der Waals surface area contributed by atoms with E-state index in [1.165, 1.54) is 0 Å². The van der Waals surface area contributed by atoms with Crippen molar-refractivity contribution >= 4 is 7.75 Å². The molecule has 1 heterocycles. The van der Waals surface area contributed by atoms with Crippen molar-refractivity contribution < 1.29 is 13.6 Å². The summed E-state index contributed by atoms with van der Waals surface area (Å²) < 4.78 is 26.1. The first-order valence-electron chi connectivity index (χ1n) is 6.54. The van der Waals surface area contributed by atoms with Gasteiger partial charge in [0, 0.05) is 12.6 Å². The molecule has 2 aromatic rings. The van der Waals surface area contributed by atoms with Crippen molar-refractivity contribution in [2.45, 2.75) is 13.0 Å². The lowest BCUT2D eigenvalue weighted by atomic mass is 10.3. The fourth-order valence-electron chi connectivity index (χ4n) is 1.92. The first-order valence-corrected chi connectivity index (χ1v) is 8.03. The largest absolute Gasteiger partial charge is 0.515 e. The molecule has 1 aliphatic rings. The van der Waals surface area contributed by atoms with Crippen LogP contribution in [0.25, 0.3) is 0 Å². The molecule has 1 unspecified atom stereocenters. The number of hydrogen-bond acceptors (Lipinski definition) is 3. The monoisotopic (exact) mass is 289 g/mol. The quantitative estimate of drug-likeness (QED) is 0.617. The molecular weight excluding hydrogens is 273 g/mol. The van der Waals surface area contributed by atoms with E-state index in [0.29, 0.717) is 11.5 Å². The van der Waals surface area contributed by atoms with Crippen molar-refractivity contribution in [1.29, 1.82) is 0 Å². The van der Waals surface area contributed by atoms with Crippen LogP contribution < -0.4 is 9.05 Å². The van der Waals surface area contributed by atoms with Gasteiger partial charge in [0.1, 0.15) is 11.5 Å². The predicted octanol–water partition coefficient (Wildman–Crippen LogP) is 3.96. The van der Waals surface area contributed by atoms with E-state index in [0.717, 1.165) is 6.54 Å². The average molecular weight is 289 g/mol. The average Bonchev–Trinajstić information content (AvgIpc) is 3.19. The summed E-state index contributed by atoms with van der Waals surface area (Å²) in [5.41, 5.74) is 0. The van der Waals surface area contributed by atoms with Crippen LogP contribution in [0.4, 0.5) is 0 Å². The molecule has 0 aromatic heterocycles. The molecular formula is C15H16NO3P. The zero-order chi connectivity index (χ0) is 14.0. The SMILES string of the molecule is C[C@@H]1CN1P(=O)(Oc1ccccc1)Oc1ccccc1. The molecule has 2 aromatic carbocycles. The fraction of sp³-hybridized carbons (Fsp3) is 0.200. The third kappa shape index (κ3) is 2.87. The lowest BCUT2D eigenvalue weighted by Gasteiger charge is -2.20. The van der Waals surface area contributed by atoms with Crippen LogP contribution >= 0.6 is 7.75 Å². The molecule has 1 saturated heterocycles. The lowest BCUT2D eigenvalue weighted by molar-refractivity contribution is 0.346. The molecule has 1 aliphatic heterocycles. The summed E-state index contributed by atoms with van der Waals surface area (Å²) in [6, 6.07) is 18.4. The first kappa shape index (κ1) is 13.2. The molecule has 0 bridgehead atoms. The van der Waals surface area contributed by atoms with Crippen LogP contribution in [0.15, 0.2) is 60.7 Å². The molecule has 104 valence electrons. The van der Waals surface area contributed by atoms with Gasteiger partial charge in [0.25, 0.3) is 0 Å². The summed E-state index contributed by atoms with van der Waals surface area (Å²) in [6.45, 7) is 2.71. The number of hydrogen-bond donors (Lipinski definition) is 0. The Kier molecular flexibility index (Phi) is 3.51. The van der Waals surface area contributed by atoms with Gasteiger partial charge in [-0.25, -0.2) is 4.57 Å². The fourth-order valence-corrected chi connectivity index (χ4v) is 3.86. The third-order valence-electron chi connectivity index (χ3n) is 3.07. The molecule has 3 rings (SSSR count). The van der Waals surface area contributed by atoms with Gasteiger partial charge in [-0.05, 0) is 31.2 Å². The Labute approximate surface area is 118 Å². The molecule has 0 aliphatic carbocycles. The van der Waals surface area contributed by atoms with Crippen molar-refractivity contribution in [3.05, 3.63) is 60.7 Å². The van der Waals surface area contributed by atoms with E-state index in [-0.39, 0.29) is 6.04 Å². The number of nitrogens with zero attached hydrogens (tertiary/aromatic N) is 1. The summed E-state index contributed by atoms with van der Waals surface area (Å²) in [7, 11) is -3.35. The highest BCUT2D eigenvalue weighted by Crippen LogP contribution is 2.57. The highest BCUT2D eigenvalue weighted by Gasteiger charge is 2.50. The van der Waals surface area contributed by atoms with E-state index in [1.807, 2.05) is 43.3 Å². The van der Waals surface area contributed by atoms with Crippen LogP contribution in [-0.2, 0) is 4.57 Å². The minimum absolute atomic E-state index is 0.216. The third-order valence-corrected chi connectivity index (χ3v) is 5.14. The Morgan fingerprint density at radius 1 is 0.950 bits per heavy atom. The second-order valence-corrected chi connectivity index (χ2v) is 6.56. The Morgan fingerprint density at radius 2 is 1.35 bits per heavy atom. The normalized spacial score (nSPS) is 21.2. The van der Waals surface area contributed by atoms with Gasteiger partial charge in [-0.15, -0.1) is 0 Å². The number of benzene rings is 2. The second kappa shape index (κ2) is 5.31. The van der Waals surface area contributed by atoms with Gasteiger partial charge in [0.2, 0.25) is 0 Å². The van der Waals surface area contributed by atoms with Gasteiger partial charge in [-0.3, -0.25) is 0 Å². The Hall–Kier alpha value is -1.77. The van der Waals surface area contributed by atoms with Crippen molar-refractivity contribution in [3.63, 3.8) is 0 Å². The van der Waals surface area contributed by atoms with Gasteiger partial charge in [-0.2, -0.15) is 4.67 Å². The molecule has 0 N–H and O–H groups in total. The predicted molar refractivity (Wildman–Crippen MR) is 77.9 cm³/mol. The van der Waals surface area contributed by atoms with Gasteiger partial charge in [0.15, 0.2) is 0 Å². The zero-order valence-electron chi connectivity index (χ0n) is 11.2. The minimum atomic E-state index is -3.35. The van der Waals surface area contributed by atoms with Crippen LogP contribution in [0.3, 0.4) is 0 Å². The molecule has 5 heteroatoms. The van der Waals surface area contributed by atoms with E-state index in [9.17, 15) is 4.57 Å². The van der Waals surface area contributed by atoms with Gasteiger partial charge in [-0.1, -0.05) is 36.4 Å². The van der Waals surface area contributed by atoms with E-state index in [2.05, 4.69) is 0 Å². The van der Waals surface area contributed by atoms with Gasteiger partial charge < -0.3 is 9.05 Å². The highest BCUT2D eigenvalue weighted by atomic mass is 31.2. The maximum atomic E-state index is 13.0. The van der Waals surface area contributed by atoms with Crippen molar-refractivity contribution in [3.8, 4) is 11.5 Å². The van der Waals surface area contributed by atoms with Gasteiger partial charge >= 0.3 is 7.75 Å². The maximum absolute atomic E-state index is 13.0. The summed E-state index contributed by atoms with van der Waals surface area (Å²) in [5, 5.41) is 0. The molecule has 0 saturated carbocycles. The van der Waals surface area contributed by atoms with Gasteiger partial charge in [0.05, 0.1) is 0 Å². The molecule has 20 heavy (non-hydrogen) atoms. The molecule has 0 amide bonds. The standard InChI is InChI=1S/C15H16NO3P/c1-13-12-16(13)20(17,18-14-8-4-2-5-9-14)19-15-10-6-3-7-11-15/h2-11,13H,12H2,1H3/t13-,16?/m1/s1. The van der Waals surface area contributed by atoms with E-state index in [1.54, 1.807) is 28.9 Å². The van der Waals surface area contributed by atoms with Crippen LogP contribution in [-0.4, -0.2) is 17.3 Å².